The maximum Gasteiger partial charge on any atom is 0.401 e. The predicted molar refractivity (Wildman–Crippen MR) is 52.0 cm³/mol. The summed E-state index contributed by atoms with van der Waals surface area (Å²) < 4.78 is 45.8. The van der Waals surface area contributed by atoms with Gasteiger partial charge in [0, 0.05) is 18.2 Å². The molecule has 0 saturated carbocycles. The molecule has 7 heteroatoms. The lowest BCUT2D eigenvalue weighted by molar-refractivity contribution is -0.125. The third-order valence-electron chi connectivity index (χ3n) is 2.21. The molecule has 1 aliphatic rings. The van der Waals surface area contributed by atoms with Crippen LogP contribution in [-0.4, -0.2) is 24.6 Å². The van der Waals surface area contributed by atoms with E-state index in [0.29, 0.717) is 17.1 Å². The molecule has 0 aromatic heterocycles. The van der Waals surface area contributed by atoms with Gasteiger partial charge in [-0.1, -0.05) is 0 Å². The van der Waals surface area contributed by atoms with Gasteiger partial charge in [-0.2, -0.15) is 13.2 Å². The van der Waals surface area contributed by atoms with Gasteiger partial charge in [0.05, 0.1) is 6.54 Å². The van der Waals surface area contributed by atoms with Gasteiger partial charge in [-0.15, -0.1) is 0 Å². The number of fused-ring (bicyclic) bond motifs is 1. The maximum absolute atomic E-state index is 11.9. The molecule has 1 heterocycles. The number of nitrogens with one attached hydrogen (secondary N) is 1. The average molecular weight is 249 g/mol. The summed E-state index contributed by atoms with van der Waals surface area (Å²) in [7, 11) is 0. The van der Waals surface area contributed by atoms with Crippen LogP contribution in [0.4, 0.5) is 13.2 Å². The lowest BCUT2D eigenvalue weighted by atomic mass is 10.1. The smallest absolute Gasteiger partial charge is 0.401 e. The van der Waals surface area contributed by atoms with Crippen LogP contribution in [0.25, 0.3) is 0 Å². The van der Waals surface area contributed by atoms with Crippen LogP contribution in [0.3, 0.4) is 0 Å². The highest BCUT2D eigenvalue weighted by molar-refractivity contribution is 5.51. The van der Waals surface area contributed by atoms with Crippen LogP contribution in [0.15, 0.2) is 12.1 Å². The molecular weight excluding hydrogens is 239 g/mol. The van der Waals surface area contributed by atoms with Crippen molar-refractivity contribution < 1.29 is 27.8 Å². The number of ether oxygens (including phenoxy) is 2. The minimum Gasteiger partial charge on any atom is -0.507 e. The Morgan fingerprint density at radius 1 is 1.24 bits per heavy atom. The third-order valence-corrected chi connectivity index (χ3v) is 2.21. The third kappa shape index (κ3) is 2.94. The minimum atomic E-state index is -4.27. The van der Waals surface area contributed by atoms with Crippen molar-refractivity contribution in [2.45, 2.75) is 12.7 Å². The van der Waals surface area contributed by atoms with Crippen LogP contribution in [0.1, 0.15) is 5.56 Å². The van der Waals surface area contributed by atoms with Gasteiger partial charge in [0.1, 0.15) is 5.75 Å². The van der Waals surface area contributed by atoms with E-state index >= 15 is 0 Å². The number of benzene rings is 1. The lowest BCUT2D eigenvalue weighted by Crippen LogP contribution is -2.28. The molecule has 0 unspecified atom stereocenters. The van der Waals surface area contributed by atoms with E-state index in [4.69, 9.17) is 9.47 Å². The van der Waals surface area contributed by atoms with Crippen molar-refractivity contribution in [1.29, 1.82) is 0 Å². The highest BCUT2D eigenvalue weighted by atomic mass is 19.4. The van der Waals surface area contributed by atoms with E-state index in [1.807, 2.05) is 0 Å². The second kappa shape index (κ2) is 4.33. The summed E-state index contributed by atoms with van der Waals surface area (Å²) in [4.78, 5) is 0. The largest absolute Gasteiger partial charge is 0.507 e. The molecule has 0 amide bonds. The van der Waals surface area contributed by atoms with E-state index < -0.39 is 12.7 Å². The normalized spacial score (nSPS) is 14.1. The molecular formula is C10H10F3NO3. The van der Waals surface area contributed by atoms with E-state index in [2.05, 4.69) is 5.32 Å². The van der Waals surface area contributed by atoms with Crippen molar-refractivity contribution in [1.82, 2.24) is 5.32 Å². The standard InChI is InChI=1S/C10H10F3NO3/c11-10(12,13)4-14-3-6-1-8-9(2-7(6)15)17-5-16-8/h1-2,14-15H,3-5H2. The van der Waals surface area contributed by atoms with Crippen molar-refractivity contribution >= 4 is 0 Å². The van der Waals surface area contributed by atoms with Crippen molar-refractivity contribution in [2.75, 3.05) is 13.3 Å². The molecule has 0 fully saturated rings. The molecule has 1 aromatic rings. The molecule has 94 valence electrons. The second-order valence-electron chi connectivity index (χ2n) is 3.55. The predicted octanol–water partition coefficient (Wildman–Crippen LogP) is 1.77. The summed E-state index contributed by atoms with van der Waals surface area (Å²) in [6, 6.07) is 2.79. The molecule has 0 bridgehead atoms. The zero-order valence-corrected chi connectivity index (χ0v) is 8.67. The monoisotopic (exact) mass is 249 g/mol. The molecule has 2 rings (SSSR count). The molecule has 0 saturated heterocycles. The lowest BCUT2D eigenvalue weighted by Gasteiger charge is -2.10. The maximum atomic E-state index is 11.9. The van der Waals surface area contributed by atoms with Crippen molar-refractivity contribution in [3.8, 4) is 17.2 Å². The van der Waals surface area contributed by atoms with Crippen LogP contribution < -0.4 is 14.8 Å². The van der Waals surface area contributed by atoms with Crippen LogP contribution in [0.5, 0.6) is 17.2 Å². The Labute approximate surface area is 95.0 Å². The Balaban J connectivity index is 2.02. The van der Waals surface area contributed by atoms with Gasteiger partial charge >= 0.3 is 6.18 Å². The molecule has 17 heavy (non-hydrogen) atoms. The van der Waals surface area contributed by atoms with Crippen molar-refractivity contribution in [3.05, 3.63) is 17.7 Å². The van der Waals surface area contributed by atoms with Crippen LogP contribution in [0.2, 0.25) is 0 Å². The van der Waals surface area contributed by atoms with E-state index in [-0.39, 0.29) is 19.1 Å². The number of halogens is 3. The van der Waals surface area contributed by atoms with E-state index in [1.54, 1.807) is 0 Å². The Kier molecular flexibility index (Phi) is 3.01. The number of phenolic OH excluding ortho intramolecular Hbond substituents is 1. The fourth-order valence-electron chi connectivity index (χ4n) is 1.45. The molecule has 0 radical (unpaired) electrons. The first kappa shape index (κ1) is 11.8. The Morgan fingerprint density at radius 3 is 2.53 bits per heavy atom. The molecule has 4 nitrogen and oxygen atoms in total. The summed E-state index contributed by atoms with van der Waals surface area (Å²) in [5.74, 6) is 0.692. The number of hydrogen-bond donors (Lipinski definition) is 2. The number of hydrogen-bond acceptors (Lipinski definition) is 4. The fourth-order valence-corrected chi connectivity index (χ4v) is 1.45. The van der Waals surface area contributed by atoms with Gasteiger partial charge in [0.25, 0.3) is 0 Å². The van der Waals surface area contributed by atoms with Gasteiger partial charge in [0.2, 0.25) is 6.79 Å². The average Bonchev–Trinajstić information content (AvgIpc) is 2.63. The van der Waals surface area contributed by atoms with Crippen molar-refractivity contribution in [2.24, 2.45) is 0 Å². The first-order chi connectivity index (χ1) is 7.96. The zero-order chi connectivity index (χ0) is 12.5. The van der Waals surface area contributed by atoms with Gasteiger partial charge < -0.3 is 19.9 Å². The zero-order valence-electron chi connectivity index (χ0n) is 8.67. The van der Waals surface area contributed by atoms with E-state index in [0.717, 1.165) is 0 Å². The second-order valence-corrected chi connectivity index (χ2v) is 3.55. The molecule has 0 aliphatic carbocycles. The highest BCUT2D eigenvalue weighted by Gasteiger charge is 2.26. The van der Waals surface area contributed by atoms with Crippen LogP contribution in [-0.2, 0) is 6.54 Å². The molecule has 1 aliphatic heterocycles. The van der Waals surface area contributed by atoms with Crippen LogP contribution in [0, 0.1) is 0 Å². The SMILES string of the molecule is Oc1cc2c(cc1CNCC(F)(F)F)OCO2. The number of aromatic hydroxyl groups is 1. The Bertz CT molecular complexity index is 420. The van der Waals surface area contributed by atoms with Crippen molar-refractivity contribution in [3.63, 3.8) is 0 Å². The highest BCUT2D eigenvalue weighted by Crippen LogP contribution is 2.37. The van der Waals surface area contributed by atoms with Crippen LogP contribution >= 0.6 is 0 Å². The molecule has 0 spiro atoms. The summed E-state index contributed by atoms with van der Waals surface area (Å²) in [5.41, 5.74) is 0.332. The first-order valence-corrected chi connectivity index (χ1v) is 4.85. The molecule has 2 N–H and O–H groups in total. The summed E-state index contributed by atoms with van der Waals surface area (Å²) in [5, 5.41) is 11.7. The summed E-state index contributed by atoms with van der Waals surface area (Å²) in [6.07, 6.45) is -4.27. The van der Waals surface area contributed by atoms with E-state index in [1.165, 1.54) is 12.1 Å². The number of phenols is 1. The number of alkyl halides is 3. The molecule has 1 aromatic carbocycles. The summed E-state index contributed by atoms with van der Waals surface area (Å²) in [6.45, 7) is -1.16. The first-order valence-electron chi connectivity index (χ1n) is 4.85. The van der Waals surface area contributed by atoms with E-state index in [9.17, 15) is 18.3 Å². The summed E-state index contributed by atoms with van der Waals surface area (Å²) >= 11 is 0. The minimum absolute atomic E-state index is 0.0498. The quantitative estimate of drug-likeness (QED) is 0.857. The van der Waals surface area contributed by atoms with Gasteiger partial charge in [-0.25, -0.2) is 0 Å². The van der Waals surface area contributed by atoms with Gasteiger partial charge in [-0.05, 0) is 6.07 Å². The number of rotatable bonds is 3. The van der Waals surface area contributed by atoms with Gasteiger partial charge in [0.15, 0.2) is 11.5 Å². The Morgan fingerprint density at radius 2 is 1.88 bits per heavy atom. The Hall–Kier alpha value is -1.63. The fraction of sp³-hybridized carbons (Fsp3) is 0.400. The van der Waals surface area contributed by atoms with Gasteiger partial charge in [-0.3, -0.25) is 0 Å². The topological polar surface area (TPSA) is 50.7 Å². The molecule has 0 atom stereocenters.